The van der Waals surface area contributed by atoms with Crippen LogP contribution in [0.5, 0.6) is 0 Å². The van der Waals surface area contributed by atoms with Crippen molar-refractivity contribution < 1.29 is 4.79 Å². The lowest BCUT2D eigenvalue weighted by Crippen LogP contribution is -2.53. The Labute approximate surface area is 129 Å². The maximum absolute atomic E-state index is 11.8. The number of nitrogens with zero attached hydrogens (tertiary/aromatic N) is 4. The number of rotatable bonds is 5. The summed E-state index contributed by atoms with van der Waals surface area (Å²) in [6.45, 7) is 8.23. The Morgan fingerprint density at radius 3 is 2.86 bits per heavy atom. The first-order valence-corrected chi connectivity index (χ1v) is 7.90. The molecule has 3 rings (SSSR count). The minimum Gasteiger partial charge on any atom is -0.336 e. The summed E-state index contributed by atoms with van der Waals surface area (Å²) in [6.07, 6.45) is 6.12. The van der Waals surface area contributed by atoms with Gasteiger partial charge >= 0.3 is 11.5 Å². The molecule has 0 aliphatic carbocycles. The second kappa shape index (κ2) is 6.39. The number of aromatic nitrogens is 2. The Hall–Kier alpha value is -2.02. The van der Waals surface area contributed by atoms with Crippen LogP contribution in [-0.2, 0) is 0 Å². The molecular weight excluding hydrogens is 280 g/mol. The quantitative estimate of drug-likeness (QED) is 0.709. The van der Waals surface area contributed by atoms with Crippen molar-refractivity contribution in [1.29, 1.82) is 0 Å². The molecular formula is C15H23N6O+. The normalized spacial score (nSPS) is 17.0. The number of amides is 2. The molecule has 2 N–H and O–H groups in total. The molecule has 1 aromatic rings. The largest absolute Gasteiger partial charge is 0.339 e. The monoisotopic (exact) mass is 303 g/mol. The molecule has 0 radical (unpaired) electrons. The van der Waals surface area contributed by atoms with Gasteiger partial charge < -0.3 is 5.32 Å². The van der Waals surface area contributed by atoms with Gasteiger partial charge in [-0.05, 0) is 44.8 Å². The van der Waals surface area contributed by atoms with E-state index >= 15 is 0 Å². The summed E-state index contributed by atoms with van der Waals surface area (Å²) >= 11 is 0. The van der Waals surface area contributed by atoms with Gasteiger partial charge in [-0.1, -0.05) is 0 Å². The van der Waals surface area contributed by atoms with Gasteiger partial charge in [-0.2, -0.15) is 4.98 Å². The van der Waals surface area contributed by atoms with Gasteiger partial charge in [0.25, 0.3) is 0 Å². The second-order valence-corrected chi connectivity index (χ2v) is 6.08. The number of nitrogens with one attached hydrogen (secondary N) is 2. The molecule has 0 atom stereocenters. The lowest BCUT2D eigenvalue weighted by molar-refractivity contribution is 0.250. The zero-order valence-corrected chi connectivity index (χ0v) is 13.2. The van der Waals surface area contributed by atoms with E-state index in [0.717, 1.165) is 23.8 Å². The molecule has 22 heavy (non-hydrogen) atoms. The first-order chi connectivity index (χ1) is 10.6. The molecule has 118 valence electrons. The smallest absolute Gasteiger partial charge is 0.336 e. The molecule has 2 amide bonds. The molecule has 1 fully saturated rings. The Morgan fingerprint density at radius 1 is 1.36 bits per heavy atom. The standard InChI is InChI=1S/C15H22N6O/c1-11(2)18-15(22)19-13-12-9-21(14(12)17-10-16-13)8-7-20-5-3-4-6-20/h9-11H,3-8H2,1-2H3,(H,18,22)/p+1. The number of hydrogen-bond acceptors (Lipinski definition) is 4. The fourth-order valence-electron chi connectivity index (χ4n) is 2.82. The lowest BCUT2D eigenvalue weighted by Gasteiger charge is -2.15. The highest BCUT2D eigenvalue weighted by atomic mass is 16.2. The van der Waals surface area contributed by atoms with Crippen molar-refractivity contribution in [3.05, 3.63) is 17.0 Å². The fraction of sp³-hybridized carbons (Fsp3) is 0.600. The Balaban J connectivity index is 1.67. The van der Waals surface area contributed by atoms with Gasteiger partial charge in [0.2, 0.25) is 6.33 Å². The second-order valence-electron chi connectivity index (χ2n) is 6.08. The van der Waals surface area contributed by atoms with E-state index in [1.807, 2.05) is 20.0 Å². The van der Waals surface area contributed by atoms with Crippen LogP contribution in [0.4, 0.5) is 10.6 Å². The van der Waals surface area contributed by atoms with Gasteiger partial charge in [0.1, 0.15) is 12.7 Å². The summed E-state index contributed by atoms with van der Waals surface area (Å²) in [5, 5.41) is 6.48. The van der Waals surface area contributed by atoms with E-state index in [-0.39, 0.29) is 12.1 Å². The van der Waals surface area contributed by atoms with Crippen LogP contribution in [0.2, 0.25) is 0 Å². The van der Waals surface area contributed by atoms with E-state index in [2.05, 4.69) is 30.1 Å². The molecule has 1 aromatic heterocycles. The van der Waals surface area contributed by atoms with Crippen LogP contribution in [0.15, 0.2) is 6.33 Å². The summed E-state index contributed by atoms with van der Waals surface area (Å²) in [7, 11) is 0. The van der Waals surface area contributed by atoms with Crippen molar-refractivity contribution in [2.24, 2.45) is 0 Å². The van der Waals surface area contributed by atoms with Gasteiger partial charge in [0, 0.05) is 12.6 Å². The molecule has 1 saturated heterocycles. The predicted octanol–water partition coefficient (Wildman–Crippen LogP) is -0.655. The number of carbonyl (C=O) groups excluding carboxylic acids is 1. The first kappa shape index (κ1) is 14.9. The third kappa shape index (κ3) is 3.24. The third-order valence-corrected chi connectivity index (χ3v) is 3.93. The summed E-state index contributed by atoms with van der Waals surface area (Å²) < 4.78 is 2.13. The van der Waals surface area contributed by atoms with Crippen molar-refractivity contribution in [3.8, 4) is 0 Å². The van der Waals surface area contributed by atoms with Gasteiger partial charge in [0.15, 0.2) is 11.0 Å². The Morgan fingerprint density at radius 2 is 2.14 bits per heavy atom. The van der Waals surface area contributed by atoms with E-state index < -0.39 is 0 Å². The van der Waals surface area contributed by atoms with Crippen molar-refractivity contribution in [2.75, 3.05) is 31.5 Å². The van der Waals surface area contributed by atoms with E-state index in [1.165, 1.54) is 32.3 Å². The molecule has 0 unspecified atom stereocenters. The number of likely N-dealkylation sites (tertiary alicyclic amines) is 1. The minimum atomic E-state index is -0.236. The first-order valence-electron chi connectivity index (χ1n) is 7.90. The highest BCUT2D eigenvalue weighted by molar-refractivity contribution is 5.88. The van der Waals surface area contributed by atoms with Crippen LogP contribution in [0.1, 0.15) is 26.7 Å². The Kier molecular flexibility index (Phi) is 4.33. The summed E-state index contributed by atoms with van der Waals surface area (Å²) in [5.41, 5.74) is 0.897. The number of urea groups is 1. The minimum absolute atomic E-state index is 0.0913. The predicted molar refractivity (Wildman–Crippen MR) is 84.8 cm³/mol. The summed E-state index contributed by atoms with van der Waals surface area (Å²) in [4.78, 5) is 22.7. The SMILES string of the molecule is CC(C)NC(=O)Nc1ncnc2c1=C[N+]=2CCN1CCCC1. The average Bonchev–Trinajstić information content (AvgIpc) is 2.93. The maximum atomic E-state index is 11.8. The molecule has 7 heteroatoms. The van der Waals surface area contributed by atoms with E-state index in [4.69, 9.17) is 0 Å². The van der Waals surface area contributed by atoms with Crippen LogP contribution in [0.3, 0.4) is 0 Å². The van der Waals surface area contributed by atoms with Crippen LogP contribution in [0, 0.1) is 0 Å². The Bertz CT molecular complexity index is 678. The topological polar surface area (TPSA) is 73.2 Å². The zero-order chi connectivity index (χ0) is 15.5. The van der Waals surface area contributed by atoms with Crippen LogP contribution < -0.4 is 25.9 Å². The van der Waals surface area contributed by atoms with Gasteiger partial charge in [0.05, 0.1) is 0 Å². The molecule has 7 nitrogen and oxygen atoms in total. The molecule has 0 bridgehead atoms. The van der Waals surface area contributed by atoms with Crippen LogP contribution in [-0.4, -0.2) is 53.1 Å². The van der Waals surface area contributed by atoms with Gasteiger partial charge in [-0.25, -0.2) is 9.37 Å². The molecule has 0 saturated carbocycles. The molecule has 2 aliphatic heterocycles. The number of hydrogen-bond donors (Lipinski definition) is 2. The average molecular weight is 303 g/mol. The maximum Gasteiger partial charge on any atom is 0.339 e. The van der Waals surface area contributed by atoms with Gasteiger partial charge in [-0.3, -0.25) is 10.2 Å². The summed E-state index contributed by atoms with van der Waals surface area (Å²) in [6, 6.07) is -0.145. The van der Waals surface area contributed by atoms with E-state index in [0.29, 0.717) is 5.82 Å². The van der Waals surface area contributed by atoms with Crippen molar-refractivity contribution in [1.82, 2.24) is 24.8 Å². The van der Waals surface area contributed by atoms with Crippen LogP contribution in [0.25, 0.3) is 6.20 Å². The number of carbonyl (C=O) groups is 1. The van der Waals surface area contributed by atoms with Gasteiger partial charge in [-0.15, -0.1) is 0 Å². The lowest BCUT2D eigenvalue weighted by atomic mass is 10.3. The number of fused-ring (bicyclic) bond motifs is 1. The highest BCUT2D eigenvalue weighted by Crippen LogP contribution is 2.06. The zero-order valence-electron chi connectivity index (χ0n) is 13.2. The number of anilines is 1. The molecule has 2 aliphatic rings. The van der Waals surface area contributed by atoms with Crippen LogP contribution >= 0.6 is 0 Å². The fourth-order valence-corrected chi connectivity index (χ4v) is 2.82. The van der Waals surface area contributed by atoms with E-state index in [1.54, 1.807) is 0 Å². The van der Waals surface area contributed by atoms with Crippen molar-refractivity contribution in [3.63, 3.8) is 0 Å². The van der Waals surface area contributed by atoms with E-state index in [9.17, 15) is 4.79 Å². The summed E-state index contributed by atoms with van der Waals surface area (Å²) in [5.74, 6) is 0.570. The molecule has 0 aromatic carbocycles. The molecule has 0 spiro atoms. The highest BCUT2D eigenvalue weighted by Gasteiger charge is 2.21. The third-order valence-electron chi connectivity index (χ3n) is 3.93. The van der Waals surface area contributed by atoms with Crippen molar-refractivity contribution in [2.45, 2.75) is 32.7 Å². The molecule has 3 heterocycles. The van der Waals surface area contributed by atoms with Crippen molar-refractivity contribution >= 4 is 18.0 Å².